The van der Waals surface area contributed by atoms with Gasteiger partial charge in [0.2, 0.25) is 0 Å². The highest BCUT2D eigenvalue weighted by atomic mass is 32.1. The van der Waals surface area contributed by atoms with Crippen molar-refractivity contribution in [2.24, 2.45) is 4.99 Å². The third kappa shape index (κ3) is 5.38. The molecule has 2 N–H and O–H groups in total. The van der Waals surface area contributed by atoms with Gasteiger partial charge in [-0.25, -0.2) is 14.7 Å². The zero-order chi connectivity index (χ0) is 21.7. The summed E-state index contributed by atoms with van der Waals surface area (Å²) < 4.78 is 40.0. The smallest absolute Gasteiger partial charge is 0.357 e. The molecular weight excluding hydrogens is 413 g/mol. The van der Waals surface area contributed by atoms with E-state index in [0.29, 0.717) is 24.1 Å². The fraction of sp³-hybridized carbons (Fsp3) is 0.350. The number of aliphatic imine (C=N–C) groups is 1. The minimum atomic E-state index is -4.43. The maximum absolute atomic E-state index is 12.7. The van der Waals surface area contributed by atoms with Crippen molar-refractivity contribution in [1.29, 1.82) is 0 Å². The minimum Gasteiger partial charge on any atom is -0.357 e. The Morgan fingerprint density at radius 3 is 2.60 bits per heavy atom. The SMILES string of the molecule is CCNC(=NCc1ccccc1-n1nc(C)cc1C)NCc1nc(C(F)(F)F)cs1. The Hall–Kier alpha value is -2.88. The molecule has 0 spiro atoms. The van der Waals surface area contributed by atoms with Crippen LogP contribution in [0, 0.1) is 13.8 Å². The first-order valence-corrected chi connectivity index (χ1v) is 10.3. The summed E-state index contributed by atoms with van der Waals surface area (Å²) in [6.07, 6.45) is -4.43. The Kier molecular flexibility index (Phi) is 6.76. The number of hydrogen-bond acceptors (Lipinski definition) is 4. The molecule has 0 aliphatic heterocycles. The zero-order valence-electron chi connectivity index (χ0n) is 16.9. The number of hydrogen-bond donors (Lipinski definition) is 2. The third-order valence-corrected chi connectivity index (χ3v) is 5.08. The third-order valence-electron chi connectivity index (χ3n) is 4.23. The maximum Gasteiger partial charge on any atom is 0.434 e. The van der Waals surface area contributed by atoms with Gasteiger partial charge in [-0.05, 0) is 38.5 Å². The minimum absolute atomic E-state index is 0.158. The summed E-state index contributed by atoms with van der Waals surface area (Å²) in [5.74, 6) is 0.504. The molecule has 160 valence electrons. The zero-order valence-corrected chi connectivity index (χ0v) is 17.7. The van der Waals surface area contributed by atoms with Gasteiger partial charge < -0.3 is 10.6 Å². The molecule has 3 aromatic rings. The second-order valence-electron chi connectivity index (χ2n) is 6.64. The number of alkyl halides is 3. The predicted molar refractivity (Wildman–Crippen MR) is 112 cm³/mol. The van der Waals surface area contributed by atoms with E-state index in [1.165, 1.54) is 0 Å². The highest BCUT2D eigenvalue weighted by Crippen LogP contribution is 2.29. The van der Waals surface area contributed by atoms with Crippen molar-refractivity contribution in [3.63, 3.8) is 0 Å². The first kappa shape index (κ1) is 21.8. The Bertz CT molecular complexity index is 1020. The Morgan fingerprint density at radius 2 is 1.97 bits per heavy atom. The lowest BCUT2D eigenvalue weighted by atomic mass is 10.2. The highest BCUT2D eigenvalue weighted by Gasteiger charge is 2.33. The quantitative estimate of drug-likeness (QED) is 0.449. The molecule has 0 radical (unpaired) electrons. The number of nitrogens with one attached hydrogen (secondary N) is 2. The van der Waals surface area contributed by atoms with Crippen LogP contribution < -0.4 is 10.6 Å². The Morgan fingerprint density at radius 1 is 1.20 bits per heavy atom. The van der Waals surface area contributed by atoms with Crippen LogP contribution in [0.3, 0.4) is 0 Å². The molecule has 0 aliphatic carbocycles. The molecule has 0 amide bonds. The van der Waals surface area contributed by atoms with Crippen LogP contribution in [0.25, 0.3) is 5.69 Å². The Balaban J connectivity index is 1.74. The molecule has 3 rings (SSSR count). The van der Waals surface area contributed by atoms with Crippen LogP contribution in [0.2, 0.25) is 0 Å². The summed E-state index contributed by atoms with van der Waals surface area (Å²) in [5, 5.41) is 12.1. The first-order chi connectivity index (χ1) is 14.3. The van der Waals surface area contributed by atoms with Gasteiger partial charge in [0, 0.05) is 17.6 Å². The topological polar surface area (TPSA) is 67.1 Å². The molecule has 30 heavy (non-hydrogen) atoms. The van der Waals surface area contributed by atoms with Crippen molar-refractivity contribution >= 4 is 17.3 Å². The lowest BCUT2D eigenvalue weighted by Gasteiger charge is -2.12. The lowest BCUT2D eigenvalue weighted by Crippen LogP contribution is -2.36. The fourth-order valence-electron chi connectivity index (χ4n) is 2.91. The van der Waals surface area contributed by atoms with Gasteiger partial charge in [0.05, 0.1) is 24.5 Å². The van der Waals surface area contributed by atoms with E-state index in [-0.39, 0.29) is 6.54 Å². The van der Waals surface area contributed by atoms with E-state index in [1.54, 1.807) is 0 Å². The van der Waals surface area contributed by atoms with E-state index in [2.05, 4.69) is 25.7 Å². The second-order valence-corrected chi connectivity index (χ2v) is 7.58. The maximum atomic E-state index is 12.7. The van der Waals surface area contributed by atoms with Gasteiger partial charge in [0.25, 0.3) is 0 Å². The highest BCUT2D eigenvalue weighted by molar-refractivity contribution is 7.09. The number of aryl methyl sites for hydroxylation is 2. The van der Waals surface area contributed by atoms with Crippen LogP contribution in [0.1, 0.15) is 34.6 Å². The summed E-state index contributed by atoms with van der Waals surface area (Å²) in [7, 11) is 0. The van der Waals surface area contributed by atoms with Crippen molar-refractivity contribution in [1.82, 2.24) is 25.4 Å². The number of aromatic nitrogens is 3. The summed E-state index contributed by atoms with van der Waals surface area (Å²) in [5.41, 5.74) is 3.01. The average Bonchev–Trinajstić information content (AvgIpc) is 3.30. The summed E-state index contributed by atoms with van der Waals surface area (Å²) in [6.45, 7) is 7.03. The van der Waals surface area contributed by atoms with Gasteiger partial charge in [-0.1, -0.05) is 18.2 Å². The number of para-hydroxylation sites is 1. The predicted octanol–water partition coefficient (Wildman–Crippen LogP) is 4.22. The lowest BCUT2D eigenvalue weighted by molar-refractivity contribution is -0.140. The van der Waals surface area contributed by atoms with Crippen LogP contribution in [-0.2, 0) is 19.3 Å². The van der Waals surface area contributed by atoms with Gasteiger partial charge >= 0.3 is 6.18 Å². The average molecular weight is 437 g/mol. The van der Waals surface area contributed by atoms with Gasteiger partial charge in [-0.2, -0.15) is 18.3 Å². The molecular formula is C20H23F3N6S. The molecule has 0 fully saturated rings. The van der Waals surface area contributed by atoms with Gasteiger partial charge in [-0.15, -0.1) is 11.3 Å². The second kappa shape index (κ2) is 9.29. The number of guanidine groups is 1. The molecule has 6 nitrogen and oxygen atoms in total. The van der Waals surface area contributed by atoms with Crippen LogP contribution in [0.15, 0.2) is 40.7 Å². The van der Waals surface area contributed by atoms with Crippen molar-refractivity contribution in [3.8, 4) is 5.69 Å². The van der Waals surface area contributed by atoms with Crippen LogP contribution in [-0.4, -0.2) is 27.3 Å². The van der Waals surface area contributed by atoms with Crippen LogP contribution in [0.5, 0.6) is 0 Å². The van der Waals surface area contributed by atoms with E-state index in [9.17, 15) is 13.2 Å². The molecule has 0 saturated carbocycles. The van der Waals surface area contributed by atoms with Crippen molar-refractivity contribution < 1.29 is 13.2 Å². The summed E-state index contributed by atoms with van der Waals surface area (Å²) in [4.78, 5) is 8.22. The molecule has 10 heteroatoms. The van der Waals surface area contributed by atoms with Crippen LogP contribution >= 0.6 is 11.3 Å². The molecule has 0 aliphatic rings. The molecule has 0 atom stereocenters. The normalized spacial score (nSPS) is 12.3. The van der Waals surface area contributed by atoms with Crippen LogP contribution in [0.4, 0.5) is 13.2 Å². The van der Waals surface area contributed by atoms with E-state index in [1.807, 2.05) is 55.8 Å². The molecule has 2 aromatic heterocycles. The van der Waals surface area contributed by atoms with Crippen molar-refractivity contribution in [3.05, 3.63) is 63.4 Å². The summed E-state index contributed by atoms with van der Waals surface area (Å²) in [6, 6.07) is 9.86. The van der Waals surface area contributed by atoms with E-state index in [0.717, 1.165) is 39.4 Å². The number of thiazole rings is 1. The molecule has 0 saturated heterocycles. The molecule has 1 aromatic carbocycles. The number of rotatable bonds is 6. The number of halogens is 3. The largest absolute Gasteiger partial charge is 0.434 e. The first-order valence-electron chi connectivity index (χ1n) is 9.43. The number of benzene rings is 1. The number of nitrogens with zero attached hydrogens (tertiary/aromatic N) is 4. The van der Waals surface area contributed by atoms with Crippen molar-refractivity contribution in [2.75, 3.05) is 6.54 Å². The van der Waals surface area contributed by atoms with Crippen molar-refractivity contribution in [2.45, 2.75) is 40.0 Å². The Labute approximate surface area is 176 Å². The van der Waals surface area contributed by atoms with Gasteiger partial charge in [0.15, 0.2) is 11.7 Å². The summed E-state index contributed by atoms with van der Waals surface area (Å²) >= 11 is 0.967. The standard InChI is InChI=1S/C20H23F3N6S/c1-4-24-19(26-11-18-27-17(12-30-18)20(21,22)23)25-10-15-7-5-6-8-16(15)29-14(3)9-13(2)28-29/h5-9,12H,4,10-11H2,1-3H3,(H2,24,25,26). The fourth-order valence-corrected chi connectivity index (χ4v) is 3.65. The monoisotopic (exact) mass is 436 g/mol. The van der Waals surface area contributed by atoms with E-state index in [4.69, 9.17) is 0 Å². The van der Waals surface area contributed by atoms with Gasteiger partial charge in [0.1, 0.15) is 5.01 Å². The molecule has 0 bridgehead atoms. The van der Waals surface area contributed by atoms with E-state index < -0.39 is 11.9 Å². The van der Waals surface area contributed by atoms with E-state index >= 15 is 0 Å². The molecule has 2 heterocycles. The van der Waals surface area contributed by atoms with Gasteiger partial charge in [-0.3, -0.25) is 0 Å². The molecule has 0 unspecified atom stereocenters.